The minimum atomic E-state index is 0.420. The molecule has 1 aromatic rings. The van der Waals surface area contributed by atoms with E-state index in [4.69, 9.17) is 10.6 Å². The fourth-order valence-corrected chi connectivity index (χ4v) is 2.52. The molecule has 0 aliphatic carbocycles. The SMILES string of the molecule is CCOCc1nc(NN)cc(N2CCCC2CC)n1. The highest BCUT2D eigenvalue weighted by Crippen LogP contribution is 2.27. The first-order chi connectivity index (χ1) is 9.28. The van der Waals surface area contributed by atoms with Crippen molar-refractivity contribution in [3.63, 3.8) is 0 Å². The maximum absolute atomic E-state index is 5.48. The summed E-state index contributed by atoms with van der Waals surface area (Å²) < 4.78 is 5.38. The number of hydrogen-bond donors (Lipinski definition) is 2. The Labute approximate surface area is 114 Å². The molecule has 1 aromatic heterocycles. The summed E-state index contributed by atoms with van der Waals surface area (Å²) in [6.45, 7) is 6.30. The van der Waals surface area contributed by atoms with Crippen LogP contribution in [-0.2, 0) is 11.3 Å². The molecule has 6 nitrogen and oxygen atoms in total. The second-order valence-electron chi connectivity index (χ2n) is 4.71. The zero-order valence-electron chi connectivity index (χ0n) is 11.7. The van der Waals surface area contributed by atoms with Crippen LogP contribution in [0.2, 0.25) is 0 Å². The first-order valence-electron chi connectivity index (χ1n) is 6.97. The molecule has 0 radical (unpaired) electrons. The van der Waals surface area contributed by atoms with Gasteiger partial charge in [0.15, 0.2) is 5.82 Å². The third-order valence-electron chi connectivity index (χ3n) is 3.48. The lowest BCUT2D eigenvalue weighted by atomic mass is 10.2. The van der Waals surface area contributed by atoms with Crippen molar-refractivity contribution in [3.8, 4) is 0 Å². The van der Waals surface area contributed by atoms with E-state index in [9.17, 15) is 0 Å². The second-order valence-corrected chi connectivity index (χ2v) is 4.71. The van der Waals surface area contributed by atoms with Crippen molar-refractivity contribution in [2.45, 2.75) is 45.8 Å². The van der Waals surface area contributed by atoms with Gasteiger partial charge in [-0.15, -0.1) is 0 Å². The van der Waals surface area contributed by atoms with Gasteiger partial charge in [-0.1, -0.05) is 6.92 Å². The minimum absolute atomic E-state index is 0.420. The highest BCUT2D eigenvalue weighted by molar-refractivity contribution is 5.50. The number of nitrogens with one attached hydrogen (secondary N) is 1. The highest BCUT2D eigenvalue weighted by Gasteiger charge is 2.24. The van der Waals surface area contributed by atoms with Gasteiger partial charge in [0, 0.05) is 25.3 Å². The number of nitrogens with zero attached hydrogens (tertiary/aromatic N) is 3. The summed E-state index contributed by atoms with van der Waals surface area (Å²) in [4.78, 5) is 11.3. The van der Waals surface area contributed by atoms with Crippen LogP contribution in [0.1, 0.15) is 38.9 Å². The van der Waals surface area contributed by atoms with E-state index in [-0.39, 0.29) is 0 Å². The molecular formula is C13H23N5O. The Hall–Kier alpha value is -1.40. The van der Waals surface area contributed by atoms with E-state index >= 15 is 0 Å². The Balaban J connectivity index is 2.23. The molecule has 1 aliphatic heterocycles. The van der Waals surface area contributed by atoms with Gasteiger partial charge in [0.25, 0.3) is 0 Å². The Morgan fingerprint density at radius 3 is 3.00 bits per heavy atom. The topological polar surface area (TPSA) is 76.3 Å². The third-order valence-corrected chi connectivity index (χ3v) is 3.48. The van der Waals surface area contributed by atoms with Crippen LogP contribution in [-0.4, -0.2) is 29.2 Å². The average Bonchev–Trinajstić information content (AvgIpc) is 2.93. The summed E-state index contributed by atoms with van der Waals surface area (Å²) in [6, 6.07) is 2.48. The van der Waals surface area contributed by atoms with Crippen molar-refractivity contribution in [3.05, 3.63) is 11.9 Å². The summed E-state index contributed by atoms with van der Waals surface area (Å²) in [5, 5.41) is 0. The quantitative estimate of drug-likeness (QED) is 0.602. The van der Waals surface area contributed by atoms with Crippen LogP contribution in [0, 0.1) is 0 Å². The molecule has 0 aromatic carbocycles. The Morgan fingerprint density at radius 2 is 2.32 bits per heavy atom. The number of hydrogen-bond acceptors (Lipinski definition) is 6. The lowest BCUT2D eigenvalue weighted by Gasteiger charge is -2.25. The van der Waals surface area contributed by atoms with E-state index in [0.29, 0.717) is 30.9 Å². The first kappa shape index (κ1) is 14.0. The summed E-state index contributed by atoms with van der Waals surface area (Å²) >= 11 is 0. The number of anilines is 2. The molecule has 1 unspecified atom stereocenters. The van der Waals surface area contributed by atoms with E-state index < -0.39 is 0 Å². The van der Waals surface area contributed by atoms with Crippen LogP contribution in [0.25, 0.3) is 0 Å². The number of nitrogen functional groups attached to an aromatic ring is 1. The molecule has 2 heterocycles. The Bertz CT molecular complexity index is 412. The van der Waals surface area contributed by atoms with E-state index in [2.05, 4.69) is 27.2 Å². The van der Waals surface area contributed by atoms with Crippen LogP contribution in [0.4, 0.5) is 11.6 Å². The number of aromatic nitrogens is 2. The van der Waals surface area contributed by atoms with Gasteiger partial charge in [0.1, 0.15) is 18.2 Å². The molecule has 19 heavy (non-hydrogen) atoms. The van der Waals surface area contributed by atoms with Crippen molar-refractivity contribution >= 4 is 11.6 Å². The molecule has 1 saturated heterocycles. The van der Waals surface area contributed by atoms with E-state index in [1.807, 2.05) is 13.0 Å². The maximum atomic E-state index is 5.48. The van der Waals surface area contributed by atoms with Gasteiger partial charge < -0.3 is 15.1 Å². The third kappa shape index (κ3) is 3.33. The average molecular weight is 265 g/mol. The molecule has 106 valence electrons. The number of hydrazine groups is 1. The zero-order chi connectivity index (χ0) is 13.7. The largest absolute Gasteiger partial charge is 0.374 e. The number of nitrogens with two attached hydrogens (primary N) is 1. The van der Waals surface area contributed by atoms with Crippen molar-refractivity contribution in [2.75, 3.05) is 23.5 Å². The lowest BCUT2D eigenvalue weighted by Crippen LogP contribution is -2.30. The summed E-state index contributed by atoms with van der Waals surface area (Å²) in [5.41, 5.74) is 2.61. The lowest BCUT2D eigenvalue weighted by molar-refractivity contribution is 0.128. The van der Waals surface area contributed by atoms with Crippen molar-refractivity contribution in [2.24, 2.45) is 5.84 Å². The fraction of sp³-hybridized carbons (Fsp3) is 0.692. The van der Waals surface area contributed by atoms with Crippen LogP contribution in [0.3, 0.4) is 0 Å². The van der Waals surface area contributed by atoms with Gasteiger partial charge in [-0.25, -0.2) is 15.8 Å². The Kier molecular flexibility index (Phi) is 4.93. The Morgan fingerprint density at radius 1 is 1.47 bits per heavy atom. The molecule has 1 atom stereocenters. The van der Waals surface area contributed by atoms with Gasteiger partial charge in [0.05, 0.1) is 0 Å². The number of rotatable bonds is 6. The molecule has 6 heteroatoms. The smallest absolute Gasteiger partial charge is 0.158 e. The highest BCUT2D eigenvalue weighted by atomic mass is 16.5. The zero-order valence-corrected chi connectivity index (χ0v) is 11.7. The molecule has 0 saturated carbocycles. The van der Waals surface area contributed by atoms with Crippen LogP contribution >= 0.6 is 0 Å². The molecular weight excluding hydrogens is 242 g/mol. The molecule has 1 aliphatic rings. The van der Waals surface area contributed by atoms with Crippen molar-refractivity contribution < 1.29 is 4.74 Å². The van der Waals surface area contributed by atoms with E-state index in [0.717, 1.165) is 18.8 Å². The number of ether oxygens (including phenoxy) is 1. The predicted octanol–water partition coefficient (Wildman–Crippen LogP) is 1.68. The van der Waals surface area contributed by atoms with E-state index in [1.54, 1.807) is 0 Å². The minimum Gasteiger partial charge on any atom is -0.374 e. The molecule has 0 amide bonds. The van der Waals surface area contributed by atoms with Crippen molar-refractivity contribution in [1.82, 2.24) is 9.97 Å². The van der Waals surface area contributed by atoms with Gasteiger partial charge in [0.2, 0.25) is 0 Å². The molecule has 0 bridgehead atoms. The normalized spacial score (nSPS) is 18.9. The maximum Gasteiger partial charge on any atom is 0.158 e. The monoisotopic (exact) mass is 265 g/mol. The molecule has 1 fully saturated rings. The van der Waals surface area contributed by atoms with Gasteiger partial charge in [-0.3, -0.25) is 0 Å². The van der Waals surface area contributed by atoms with Gasteiger partial charge >= 0.3 is 0 Å². The molecule has 0 spiro atoms. The van der Waals surface area contributed by atoms with E-state index in [1.165, 1.54) is 12.8 Å². The van der Waals surface area contributed by atoms with Crippen LogP contribution in [0.15, 0.2) is 6.07 Å². The second kappa shape index (κ2) is 6.68. The van der Waals surface area contributed by atoms with Gasteiger partial charge in [-0.05, 0) is 26.2 Å². The summed E-state index contributed by atoms with van der Waals surface area (Å²) in [5.74, 6) is 7.74. The standard InChI is InChI=1S/C13H23N5O/c1-3-10-6-5-7-18(10)13-8-11(17-14)15-12(16-13)9-19-4-2/h8,10H,3-7,9,14H2,1-2H3,(H,15,16,17). The predicted molar refractivity (Wildman–Crippen MR) is 75.8 cm³/mol. The van der Waals surface area contributed by atoms with Crippen LogP contribution in [0.5, 0.6) is 0 Å². The van der Waals surface area contributed by atoms with Gasteiger partial charge in [-0.2, -0.15) is 0 Å². The molecule has 3 N–H and O–H groups in total. The fourth-order valence-electron chi connectivity index (χ4n) is 2.52. The molecule has 2 rings (SSSR count). The first-order valence-corrected chi connectivity index (χ1v) is 6.97. The summed E-state index contributed by atoms with van der Waals surface area (Å²) in [6.07, 6.45) is 3.58. The van der Waals surface area contributed by atoms with Crippen LogP contribution < -0.4 is 16.2 Å². The van der Waals surface area contributed by atoms with Crippen molar-refractivity contribution in [1.29, 1.82) is 0 Å². The summed E-state index contributed by atoms with van der Waals surface area (Å²) in [7, 11) is 0.